The maximum absolute atomic E-state index is 6.32. The Labute approximate surface area is 122 Å². The average molecular weight is 288 g/mol. The van der Waals surface area contributed by atoms with E-state index in [1.165, 1.54) is 0 Å². The van der Waals surface area contributed by atoms with Gasteiger partial charge < -0.3 is 4.74 Å². The van der Waals surface area contributed by atoms with E-state index in [1.807, 2.05) is 44.2 Å². The van der Waals surface area contributed by atoms with Crippen LogP contribution in [0.5, 0.6) is 5.75 Å². The van der Waals surface area contributed by atoms with Gasteiger partial charge in [-0.3, -0.25) is 0 Å². The molecule has 0 aliphatic carbocycles. The van der Waals surface area contributed by atoms with Crippen LogP contribution in [0, 0.1) is 13.8 Å². The number of hydrogen-bond acceptors (Lipinski definition) is 3. The number of halogens is 1. The zero-order valence-corrected chi connectivity index (χ0v) is 12.3. The normalized spacial score (nSPS) is 11.0. The highest BCUT2D eigenvalue weighted by Crippen LogP contribution is 2.25. The first-order valence-electron chi connectivity index (χ1n) is 6.27. The molecular formula is C15H14ClN3O. The first kappa shape index (κ1) is 12.9. The predicted molar refractivity (Wildman–Crippen MR) is 79.5 cm³/mol. The number of rotatable bonds is 2. The number of ether oxygens (including phenoxy) is 1. The van der Waals surface area contributed by atoms with Gasteiger partial charge in [0, 0.05) is 22.9 Å². The fourth-order valence-electron chi connectivity index (χ4n) is 2.06. The van der Waals surface area contributed by atoms with Gasteiger partial charge in [0.2, 0.25) is 0 Å². The van der Waals surface area contributed by atoms with E-state index >= 15 is 0 Å². The van der Waals surface area contributed by atoms with Gasteiger partial charge in [0.15, 0.2) is 5.65 Å². The van der Waals surface area contributed by atoms with Crippen LogP contribution in [0.25, 0.3) is 16.9 Å². The molecule has 0 amide bonds. The molecule has 0 fully saturated rings. The highest BCUT2D eigenvalue weighted by Gasteiger charge is 2.11. The van der Waals surface area contributed by atoms with Crippen LogP contribution in [0.3, 0.4) is 0 Å². The van der Waals surface area contributed by atoms with Crippen LogP contribution in [-0.4, -0.2) is 21.7 Å². The molecule has 3 aromatic rings. The van der Waals surface area contributed by atoms with Gasteiger partial charge in [0.25, 0.3) is 0 Å². The summed E-state index contributed by atoms with van der Waals surface area (Å²) >= 11 is 6.32. The predicted octanol–water partition coefficient (Wildman–Crippen LogP) is 3.68. The molecule has 0 unspecified atom stereocenters. The third-order valence-electron chi connectivity index (χ3n) is 3.40. The lowest BCUT2D eigenvalue weighted by Crippen LogP contribution is -1.98. The number of benzene rings is 1. The van der Waals surface area contributed by atoms with Gasteiger partial charge in [-0.1, -0.05) is 11.6 Å². The lowest BCUT2D eigenvalue weighted by molar-refractivity contribution is 0.415. The van der Waals surface area contributed by atoms with E-state index in [-0.39, 0.29) is 0 Å². The Bertz CT molecular complexity index is 778. The Morgan fingerprint density at radius 3 is 2.50 bits per heavy atom. The van der Waals surface area contributed by atoms with Crippen LogP contribution < -0.4 is 4.74 Å². The molecule has 2 aromatic heterocycles. The Hall–Kier alpha value is -2.07. The summed E-state index contributed by atoms with van der Waals surface area (Å²) in [7, 11) is 1.65. The third-order valence-corrected chi connectivity index (χ3v) is 3.84. The average Bonchev–Trinajstić information content (AvgIpc) is 2.89. The topological polar surface area (TPSA) is 39.4 Å². The number of methoxy groups -OCH3 is 1. The van der Waals surface area contributed by atoms with Crippen molar-refractivity contribution in [3.63, 3.8) is 0 Å². The minimum absolute atomic E-state index is 0.604. The highest BCUT2D eigenvalue weighted by atomic mass is 35.5. The molecule has 0 saturated heterocycles. The van der Waals surface area contributed by atoms with Crippen LogP contribution in [0.1, 0.15) is 11.3 Å². The van der Waals surface area contributed by atoms with Crippen LogP contribution >= 0.6 is 11.6 Å². The fourth-order valence-corrected chi connectivity index (χ4v) is 2.32. The molecule has 20 heavy (non-hydrogen) atoms. The summed E-state index contributed by atoms with van der Waals surface area (Å²) in [6.07, 6.45) is 0. The van der Waals surface area contributed by atoms with Crippen molar-refractivity contribution >= 4 is 17.2 Å². The monoisotopic (exact) mass is 287 g/mol. The molecule has 0 radical (unpaired) electrons. The molecule has 0 N–H and O–H groups in total. The van der Waals surface area contributed by atoms with Crippen LogP contribution in [0.4, 0.5) is 0 Å². The van der Waals surface area contributed by atoms with E-state index in [4.69, 9.17) is 16.3 Å². The Morgan fingerprint density at radius 1 is 1.15 bits per heavy atom. The smallest absolute Gasteiger partial charge is 0.157 e. The molecule has 2 heterocycles. The molecule has 0 atom stereocenters. The second-order valence-corrected chi connectivity index (χ2v) is 5.00. The summed E-state index contributed by atoms with van der Waals surface area (Å²) in [5, 5.41) is 5.13. The number of hydrogen-bond donors (Lipinski definition) is 0. The molecular weight excluding hydrogens is 274 g/mol. The Balaban J connectivity index is 2.15. The minimum Gasteiger partial charge on any atom is -0.497 e. The van der Waals surface area contributed by atoms with Gasteiger partial charge in [-0.15, -0.1) is 0 Å². The summed E-state index contributed by atoms with van der Waals surface area (Å²) in [4.78, 5) is 4.51. The van der Waals surface area contributed by atoms with Gasteiger partial charge in [-0.05, 0) is 38.1 Å². The van der Waals surface area contributed by atoms with E-state index in [1.54, 1.807) is 11.6 Å². The highest BCUT2D eigenvalue weighted by molar-refractivity contribution is 6.30. The third kappa shape index (κ3) is 2.02. The second kappa shape index (κ2) is 4.80. The lowest BCUT2D eigenvalue weighted by Gasteiger charge is -2.03. The van der Waals surface area contributed by atoms with Crippen molar-refractivity contribution in [3.05, 3.63) is 46.7 Å². The van der Waals surface area contributed by atoms with Crippen molar-refractivity contribution in [2.24, 2.45) is 0 Å². The van der Waals surface area contributed by atoms with Crippen LogP contribution in [-0.2, 0) is 0 Å². The summed E-state index contributed by atoms with van der Waals surface area (Å²) in [5.41, 5.74) is 4.46. The summed E-state index contributed by atoms with van der Waals surface area (Å²) < 4.78 is 6.83. The minimum atomic E-state index is 0.604. The van der Waals surface area contributed by atoms with Gasteiger partial charge in [-0.25, -0.2) is 9.50 Å². The molecule has 3 rings (SSSR count). The number of nitrogens with zero attached hydrogens (tertiary/aromatic N) is 3. The standard InChI is InChI=1S/C15H14ClN3O/c1-9-10(2)17-14-8-13(18-19(14)15(9)16)11-4-6-12(20-3)7-5-11/h4-8H,1-3H3. The lowest BCUT2D eigenvalue weighted by atomic mass is 10.1. The summed E-state index contributed by atoms with van der Waals surface area (Å²) in [6, 6.07) is 9.68. The van der Waals surface area contributed by atoms with Crippen molar-refractivity contribution in [2.45, 2.75) is 13.8 Å². The van der Waals surface area contributed by atoms with Crippen molar-refractivity contribution in [2.75, 3.05) is 7.11 Å². The van der Waals surface area contributed by atoms with Crippen molar-refractivity contribution in [1.29, 1.82) is 0 Å². The quantitative estimate of drug-likeness (QED) is 0.675. The van der Waals surface area contributed by atoms with Gasteiger partial charge in [0.05, 0.1) is 12.8 Å². The molecule has 0 saturated carbocycles. The van der Waals surface area contributed by atoms with Crippen molar-refractivity contribution in [3.8, 4) is 17.0 Å². The first-order chi connectivity index (χ1) is 9.60. The van der Waals surface area contributed by atoms with E-state index in [0.29, 0.717) is 5.15 Å². The second-order valence-electron chi connectivity index (χ2n) is 4.64. The maximum atomic E-state index is 6.32. The SMILES string of the molecule is COc1ccc(-c2cc3nc(C)c(C)c(Cl)n3n2)cc1. The van der Waals surface area contributed by atoms with Crippen LogP contribution in [0.15, 0.2) is 30.3 Å². The maximum Gasteiger partial charge on any atom is 0.157 e. The largest absolute Gasteiger partial charge is 0.497 e. The van der Waals surface area contributed by atoms with Gasteiger partial charge in [0.1, 0.15) is 10.9 Å². The number of aryl methyl sites for hydroxylation is 1. The van der Waals surface area contributed by atoms with Gasteiger partial charge in [-0.2, -0.15) is 5.10 Å². The Kier molecular flexibility index (Phi) is 3.10. The zero-order valence-electron chi connectivity index (χ0n) is 11.5. The van der Waals surface area contributed by atoms with E-state index < -0.39 is 0 Å². The number of aromatic nitrogens is 3. The first-order valence-corrected chi connectivity index (χ1v) is 6.65. The van der Waals surface area contributed by atoms with E-state index in [9.17, 15) is 0 Å². The molecule has 5 heteroatoms. The van der Waals surface area contributed by atoms with Crippen LogP contribution in [0.2, 0.25) is 5.15 Å². The summed E-state index contributed by atoms with van der Waals surface area (Å²) in [6.45, 7) is 3.89. The van der Waals surface area contributed by atoms with Crippen molar-refractivity contribution < 1.29 is 4.74 Å². The van der Waals surface area contributed by atoms with Gasteiger partial charge >= 0.3 is 0 Å². The molecule has 4 nitrogen and oxygen atoms in total. The molecule has 102 valence electrons. The molecule has 1 aromatic carbocycles. The molecule has 0 aliphatic heterocycles. The van der Waals surface area contributed by atoms with E-state index in [0.717, 1.165) is 33.9 Å². The molecule has 0 bridgehead atoms. The summed E-state index contributed by atoms with van der Waals surface area (Å²) in [5.74, 6) is 0.820. The Morgan fingerprint density at radius 2 is 1.85 bits per heavy atom. The van der Waals surface area contributed by atoms with Crippen molar-refractivity contribution in [1.82, 2.24) is 14.6 Å². The molecule has 0 spiro atoms. The zero-order chi connectivity index (χ0) is 14.3. The van der Waals surface area contributed by atoms with E-state index in [2.05, 4.69) is 10.1 Å². The molecule has 0 aliphatic rings. The fraction of sp³-hybridized carbons (Fsp3) is 0.200. The number of fused-ring (bicyclic) bond motifs is 1.